The Balaban J connectivity index is 1.46. The van der Waals surface area contributed by atoms with E-state index in [2.05, 4.69) is 16.0 Å². The van der Waals surface area contributed by atoms with Crippen molar-refractivity contribution in [2.45, 2.75) is 31.8 Å². The lowest BCUT2D eigenvalue weighted by molar-refractivity contribution is -0.118. The fourth-order valence-electron chi connectivity index (χ4n) is 3.50. The van der Waals surface area contributed by atoms with Crippen molar-refractivity contribution in [3.8, 4) is 0 Å². The largest absolute Gasteiger partial charge is 0.326 e. The van der Waals surface area contributed by atoms with E-state index in [0.717, 1.165) is 35.3 Å². The number of benzene rings is 3. The first-order valence-electron chi connectivity index (χ1n) is 10.7. The van der Waals surface area contributed by atoms with Crippen LogP contribution in [0.4, 0.5) is 11.4 Å². The maximum atomic E-state index is 13.1. The molecule has 3 N–H and O–H groups in total. The second-order valence-corrected chi connectivity index (χ2v) is 7.97. The van der Waals surface area contributed by atoms with Crippen molar-refractivity contribution in [1.29, 1.82) is 0 Å². The summed E-state index contributed by atoms with van der Waals surface area (Å²) in [7, 11) is 0. The summed E-state index contributed by atoms with van der Waals surface area (Å²) in [4.78, 5) is 25.1. The van der Waals surface area contributed by atoms with E-state index >= 15 is 0 Å². The highest BCUT2D eigenvalue weighted by Gasteiger charge is 2.29. The molecule has 5 nitrogen and oxygen atoms in total. The van der Waals surface area contributed by atoms with Crippen molar-refractivity contribution in [2.24, 2.45) is 5.92 Å². The molecule has 1 fully saturated rings. The zero-order chi connectivity index (χ0) is 21.6. The number of hydrogen-bond donors (Lipinski definition) is 3. The van der Waals surface area contributed by atoms with Gasteiger partial charge >= 0.3 is 0 Å². The van der Waals surface area contributed by atoms with Crippen LogP contribution in [0.2, 0.25) is 0 Å². The number of hydrogen-bond acceptors (Lipinski definition) is 3. The summed E-state index contributed by atoms with van der Waals surface area (Å²) in [6, 6.07) is 26.4. The molecule has 2 unspecified atom stereocenters. The molecule has 5 heteroatoms. The molecule has 0 radical (unpaired) electrons. The van der Waals surface area contributed by atoms with Crippen LogP contribution >= 0.6 is 0 Å². The molecule has 2 atom stereocenters. The Kier molecular flexibility index (Phi) is 6.43. The van der Waals surface area contributed by atoms with Gasteiger partial charge in [-0.3, -0.25) is 14.9 Å². The summed E-state index contributed by atoms with van der Waals surface area (Å²) in [6.07, 6.45) is 1.97. The first-order valence-corrected chi connectivity index (χ1v) is 10.7. The Hall–Kier alpha value is -3.44. The van der Waals surface area contributed by atoms with Crippen molar-refractivity contribution in [1.82, 2.24) is 5.32 Å². The minimum atomic E-state index is -0.509. The van der Waals surface area contributed by atoms with E-state index < -0.39 is 6.04 Å². The molecule has 1 saturated carbocycles. The number of carbonyl (C=O) groups excluding carboxylic acids is 2. The lowest BCUT2D eigenvalue weighted by Crippen LogP contribution is -2.34. The van der Waals surface area contributed by atoms with Crippen LogP contribution in [0.3, 0.4) is 0 Å². The number of amides is 2. The minimum Gasteiger partial charge on any atom is -0.326 e. The molecule has 158 valence electrons. The van der Waals surface area contributed by atoms with Crippen LogP contribution in [0.5, 0.6) is 0 Å². The van der Waals surface area contributed by atoms with Crippen molar-refractivity contribution < 1.29 is 9.59 Å². The average Bonchev–Trinajstić information content (AvgIpc) is 3.65. The van der Waals surface area contributed by atoms with Gasteiger partial charge in [-0.1, -0.05) is 60.7 Å². The van der Waals surface area contributed by atoms with E-state index in [0.29, 0.717) is 0 Å². The highest BCUT2D eigenvalue weighted by Crippen LogP contribution is 2.30. The van der Waals surface area contributed by atoms with Crippen LogP contribution in [-0.4, -0.2) is 11.8 Å². The van der Waals surface area contributed by atoms with E-state index in [4.69, 9.17) is 0 Å². The van der Waals surface area contributed by atoms with Crippen LogP contribution < -0.4 is 16.0 Å². The second-order valence-electron chi connectivity index (χ2n) is 7.97. The predicted octanol–water partition coefficient (Wildman–Crippen LogP) is 5.07. The van der Waals surface area contributed by atoms with E-state index in [1.54, 1.807) is 0 Å². The van der Waals surface area contributed by atoms with E-state index in [1.165, 1.54) is 0 Å². The molecule has 0 bridgehead atoms. The Labute approximate surface area is 182 Å². The molecule has 3 aromatic rings. The van der Waals surface area contributed by atoms with Crippen LogP contribution in [0.15, 0.2) is 84.9 Å². The quantitative estimate of drug-likeness (QED) is 0.483. The molecule has 0 heterocycles. The fraction of sp³-hybridized carbons (Fsp3) is 0.231. The standard InChI is InChI=1S/C26H27N3O2/c1-18(19-14-16-23(17-15-19)28-25(30)21-12-13-21)27-24(20-8-4-2-5-9-20)26(31)29-22-10-6-3-7-11-22/h2-11,14-18,21,24,27H,12-13H2,1H3,(H,28,30)(H,29,31). The van der Waals surface area contributed by atoms with Crippen molar-refractivity contribution in [2.75, 3.05) is 10.6 Å². The smallest absolute Gasteiger partial charge is 0.246 e. The molecule has 0 saturated heterocycles. The van der Waals surface area contributed by atoms with Crippen molar-refractivity contribution >= 4 is 23.2 Å². The van der Waals surface area contributed by atoms with E-state index in [9.17, 15) is 9.59 Å². The molecule has 2 amide bonds. The third kappa shape index (κ3) is 5.58. The fourth-order valence-corrected chi connectivity index (χ4v) is 3.50. The molecule has 1 aliphatic carbocycles. The number of anilines is 2. The number of nitrogens with one attached hydrogen (secondary N) is 3. The summed E-state index contributed by atoms with van der Waals surface area (Å²) in [6.45, 7) is 2.03. The maximum absolute atomic E-state index is 13.1. The van der Waals surface area contributed by atoms with Gasteiger partial charge in [-0.15, -0.1) is 0 Å². The molecule has 3 aromatic carbocycles. The third-order valence-electron chi connectivity index (χ3n) is 5.48. The first kappa shape index (κ1) is 20.8. The number of rotatable bonds is 8. The SMILES string of the molecule is CC(NC(C(=O)Nc1ccccc1)c1ccccc1)c1ccc(NC(=O)C2CC2)cc1. The number of para-hydroxylation sites is 1. The van der Waals surface area contributed by atoms with Gasteiger partial charge in [0.25, 0.3) is 0 Å². The lowest BCUT2D eigenvalue weighted by atomic mass is 10.0. The van der Waals surface area contributed by atoms with Gasteiger partial charge in [0.05, 0.1) is 0 Å². The Bertz CT molecular complexity index is 1020. The maximum Gasteiger partial charge on any atom is 0.246 e. The van der Waals surface area contributed by atoms with Crippen molar-refractivity contribution in [3.05, 3.63) is 96.1 Å². The molecule has 0 aliphatic heterocycles. The molecule has 31 heavy (non-hydrogen) atoms. The highest BCUT2D eigenvalue weighted by molar-refractivity contribution is 5.95. The topological polar surface area (TPSA) is 70.2 Å². The van der Waals surface area contributed by atoms with Crippen LogP contribution in [0.1, 0.15) is 43.0 Å². The summed E-state index contributed by atoms with van der Waals surface area (Å²) < 4.78 is 0. The molecule has 4 rings (SSSR count). The summed E-state index contributed by atoms with van der Waals surface area (Å²) in [5.74, 6) is 0.160. The monoisotopic (exact) mass is 413 g/mol. The first-order chi connectivity index (χ1) is 15.1. The number of carbonyl (C=O) groups is 2. The Morgan fingerprint density at radius 2 is 1.32 bits per heavy atom. The van der Waals surface area contributed by atoms with Crippen LogP contribution in [0, 0.1) is 5.92 Å². The van der Waals surface area contributed by atoms with E-state index in [1.807, 2.05) is 91.9 Å². The van der Waals surface area contributed by atoms with Crippen LogP contribution in [-0.2, 0) is 9.59 Å². The molecule has 1 aliphatic rings. The molecule has 0 aromatic heterocycles. The van der Waals surface area contributed by atoms with Gasteiger partial charge in [-0.05, 0) is 55.2 Å². The van der Waals surface area contributed by atoms with Gasteiger partial charge in [-0.2, -0.15) is 0 Å². The summed E-state index contributed by atoms with van der Waals surface area (Å²) >= 11 is 0. The van der Waals surface area contributed by atoms with Gasteiger partial charge in [0.15, 0.2) is 0 Å². The van der Waals surface area contributed by atoms with Crippen LogP contribution in [0.25, 0.3) is 0 Å². The molecular formula is C26H27N3O2. The van der Waals surface area contributed by atoms with Gasteiger partial charge in [0.1, 0.15) is 6.04 Å². The van der Waals surface area contributed by atoms with Crippen molar-refractivity contribution in [3.63, 3.8) is 0 Å². The summed E-state index contributed by atoms with van der Waals surface area (Å²) in [5.41, 5.74) is 3.50. The zero-order valence-corrected chi connectivity index (χ0v) is 17.5. The molecule has 0 spiro atoms. The normalized spacial score (nSPS) is 15.0. The Morgan fingerprint density at radius 1 is 0.742 bits per heavy atom. The van der Waals surface area contributed by atoms with Gasteiger partial charge in [-0.25, -0.2) is 0 Å². The van der Waals surface area contributed by atoms with E-state index in [-0.39, 0.29) is 23.8 Å². The minimum absolute atomic E-state index is 0.0695. The van der Waals surface area contributed by atoms with Gasteiger partial charge < -0.3 is 10.6 Å². The second kappa shape index (κ2) is 9.58. The average molecular weight is 414 g/mol. The third-order valence-corrected chi connectivity index (χ3v) is 5.48. The van der Waals surface area contributed by atoms with Gasteiger partial charge in [0.2, 0.25) is 11.8 Å². The summed E-state index contributed by atoms with van der Waals surface area (Å²) in [5, 5.41) is 9.41. The predicted molar refractivity (Wildman–Crippen MR) is 124 cm³/mol. The van der Waals surface area contributed by atoms with Gasteiger partial charge in [0, 0.05) is 23.3 Å². The molecular weight excluding hydrogens is 386 g/mol. The highest BCUT2D eigenvalue weighted by atomic mass is 16.2. The lowest BCUT2D eigenvalue weighted by Gasteiger charge is -2.24. The zero-order valence-electron chi connectivity index (χ0n) is 17.5. The Morgan fingerprint density at radius 3 is 1.94 bits per heavy atom.